The monoisotopic (exact) mass is 414 g/mol. The third-order valence-electron chi connectivity index (χ3n) is 5.18. The lowest BCUT2D eigenvalue weighted by molar-refractivity contribution is 0.352. The van der Waals surface area contributed by atoms with E-state index in [1.165, 1.54) is 33.3 Å². The van der Waals surface area contributed by atoms with Crippen molar-refractivity contribution < 1.29 is 9.47 Å². The first-order valence-electron chi connectivity index (χ1n) is 8.84. The molecule has 3 aromatic rings. The SMILES string of the molecule is COc1ccc(Cn2c3c(c4cc(C)ccc42)CCNC3)c(Br)c1OC. The van der Waals surface area contributed by atoms with Gasteiger partial charge in [-0.3, -0.25) is 0 Å². The van der Waals surface area contributed by atoms with Crippen LogP contribution in [0.1, 0.15) is 22.4 Å². The Balaban J connectivity index is 1.86. The molecular weight excluding hydrogens is 392 g/mol. The number of aryl methyl sites for hydroxylation is 1. The highest BCUT2D eigenvalue weighted by atomic mass is 79.9. The second-order valence-corrected chi connectivity index (χ2v) is 7.53. The molecule has 1 aliphatic rings. The molecule has 26 heavy (non-hydrogen) atoms. The molecule has 0 unspecified atom stereocenters. The molecule has 0 fully saturated rings. The van der Waals surface area contributed by atoms with E-state index in [4.69, 9.17) is 9.47 Å². The van der Waals surface area contributed by atoms with Gasteiger partial charge < -0.3 is 19.4 Å². The van der Waals surface area contributed by atoms with Crippen LogP contribution in [0.4, 0.5) is 0 Å². The molecule has 1 N–H and O–H groups in total. The normalized spacial score (nSPS) is 13.7. The van der Waals surface area contributed by atoms with Gasteiger partial charge in [0.05, 0.1) is 18.7 Å². The van der Waals surface area contributed by atoms with Crippen LogP contribution in [0.2, 0.25) is 0 Å². The van der Waals surface area contributed by atoms with Crippen LogP contribution in [0.3, 0.4) is 0 Å². The summed E-state index contributed by atoms with van der Waals surface area (Å²) in [6.45, 7) is 4.90. The molecule has 136 valence electrons. The molecular formula is C21H23BrN2O2. The van der Waals surface area contributed by atoms with E-state index >= 15 is 0 Å². The summed E-state index contributed by atoms with van der Waals surface area (Å²) >= 11 is 3.72. The number of hydrogen-bond acceptors (Lipinski definition) is 3. The Hall–Kier alpha value is -1.98. The molecule has 4 nitrogen and oxygen atoms in total. The average molecular weight is 415 g/mol. The summed E-state index contributed by atoms with van der Waals surface area (Å²) in [6.07, 6.45) is 1.08. The highest BCUT2D eigenvalue weighted by Crippen LogP contribution is 2.39. The van der Waals surface area contributed by atoms with Crippen LogP contribution < -0.4 is 14.8 Å². The van der Waals surface area contributed by atoms with Gasteiger partial charge in [0.25, 0.3) is 0 Å². The summed E-state index contributed by atoms with van der Waals surface area (Å²) < 4.78 is 14.3. The van der Waals surface area contributed by atoms with Gasteiger partial charge in [-0.1, -0.05) is 17.7 Å². The minimum absolute atomic E-state index is 0.736. The first-order chi connectivity index (χ1) is 12.6. The Morgan fingerprint density at radius 1 is 1.15 bits per heavy atom. The number of rotatable bonds is 4. The molecule has 0 saturated heterocycles. The van der Waals surface area contributed by atoms with Crippen LogP contribution in [0, 0.1) is 6.92 Å². The summed E-state index contributed by atoms with van der Waals surface area (Å²) in [4.78, 5) is 0. The van der Waals surface area contributed by atoms with Crippen molar-refractivity contribution in [3.05, 3.63) is 57.2 Å². The summed E-state index contributed by atoms with van der Waals surface area (Å²) in [5.41, 5.74) is 6.65. The van der Waals surface area contributed by atoms with Crippen molar-refractivity contribution >= 4 is 26.8 Å². The van der Waals surface area contributed by atoms with E-state index in [2.05, 4.69) is 57.0 Å². The minimum Gasteiger partial charge on any atom is -0.493 e. The Labute approximate surface area is 162 Å². The predicted molar refractivity (Wildman–Crippen MR) is 108 cm³/mol. The number of benzene rings is 2. The van der Waals surface area contributed by atoms with Gasteiger partial charge in [-0.2, -0.15) is 0 Å². The van der Waals surface area contributed by atoms with Crippen molar-refractivity contribution in [2.45, 2.75) is 26.4 Å². The maximum absolute atomic E-state index is 5.55. The van der Waals surface area contributed by atoms with Gasteiger partial charge in [0.15, 0.2) is 11.5 Å². The summed E-state index contributed by atoms with van der Waals surface area (Å²) in [6, 6.07) is 10.8. The Kier molecular flexibility index (Phi) is 4.67. The van der Waals surface area contributed by atoms with E-state index in [0.717, 1.165) is 42.0 Å². The van der Waals surface area contributed by atoms with Crippen molar-refractivity contribution in [1.29, 1.82) is 0 Å². The van der Waals surface area contributed by atoms with Crippen LogP contribution in [0.15, 0.2) is 34.8 Å². The fraction of sp³-hybridized carbons (Fsp3) is 0.333. The zero-order valence-electron chi connectivity index (χ0n) is 15.4. The van der Waals surface area contributed by atoms with Crippen LogP contribution in [0.25, 0.3) is 10.9 Å². The quantitative estimate of drug-likeness (QED) is 0.685. The Morgan fingerprint density at radius 3 is 2.77 bits per heavy atom. The molecule has 2 aromatic carbocycles. The van der Waals surface area contributed by atoms with Gasteiger partial charge in [0, 0.05) is 29.7 Å². The minimum atomic E-state index is 0.736. The molecule has 0 radical (unpaired) electrons. The molecule has 0 saturated carbocycles. The summed E-state index contributed by atoms with van der Waals surface area (Å²) in [5, 5.41) is 4.91. The average Bonchev–Trinajstić information content (AvgIpc) is 2.96. The lowest BCUT2D eigenvalue weighted by Gasteiger charge is -2.19. The van der Waals surface area contributed by atoms with E-state index in [-0.39, 0.29) is 0 Å². The highest BCUT2D eigenvalue weighted by molar-refractivity contribution is 9.10. The largest absolute Gasteiger partial charge is 0.493 e. The number of fused-ring (bicyclic) bond motifs is 3. The van der Waals surface area contributed by atoms with Crippen LogP contribution >= 0.6 is 15.9 Å². The van der Waals surface area contributed by atoms with E-state index in [9.17, 15) is 0 Å². The fourth-order valence-corrected chi connectivity index (χ4v) is 4.51. The molecule has 1 aromatic heterocycles. The Morgan fingerprint density at radius 2 is 2.00 bits per heavy atom. The lowest BCUT2D eigenvalue weighted by Crippen LogP contribution is -2.25. The molecule has 1 aliphatic heterocycles. The van der Waals surface area contributed by atoms with E-state index in [1.54, 1.807) is 14.2 Å². The van der Waals surface area contributed by atoms with Crippen molar-refractivity contribution in [3.8, 4) is 11.5 Å². The van der Waals surface area contributed by atoms with Gasteiger partial charge in [0.1, 0.15) is 0 Å². The zero-order chi connectivity index (χ0) is 18.3. The van der Waals surface area contributed by atoms with Crippen LogP contribution in [-0.4, -0.2) is 25.3 Å². The van der Waals surface area contributed by atoms with Gasteiger partial charge in [-0.25, -0.2) is 0 Å². The maximum Gasteiger partial charge on any atom is 0.175 e. The summed E-state index contributed by atoms with van der Waals surface area (Å²) in [5.74, 6) is 1.48. The molecule has 0 spiro atoms. The molecule has 2 heterocycles. The molecule has 4 rings (SSSR count). The first kappa shape index (κ1) is 17.4. The third kappa shape index (κ3) is 2.79. The topological polar surface area (TPSA) is 35.4 Å². The van der Waals surface area contributed by atoms with Gasteiger partial charge >= 0.3 is 0 Å². The fourth-order valence-electron chi connectivity index (χ4n) is 3.90. The number of hydrogen-bond donors (Lipinski definition) is 1. The number of nitrogens with zero attached hydrogens (tertiary/aromatic N) is 1. The Bertz CT molecular complexity index is 978. The maximum atomic E-state index is 5.55. The van der Waals surface area contributed by atoms with Crippen molar-refractivity contribution in [3.63, 3.8) is 0 Å². The molecule has 0 bridgehead atoms. The number of methoxy groups -OCH3 is 2. The second kappa shape index (κ2) is 6.97. The van der Waals surface area contributed by atoms with Gasteiger partial charge in [0.2, 0.25) is 0 Å². The smallest absolute Gasteiger partial charge is 0.175 e. The highest BCUT2D eigenvalue weighted by Gasteiger charge is 2.21. The summed E-state index contributed by atoms with van der Waals surface area (Å²) in [7, 11) is 3.33. The predicted octanol–water partition coefficient (Wildman–Crippen LogP) is 4.42. The first-order valence-corrected chi connectivity index (χ1v) is 9.64. The van der Waals surface area contributed by atoms with E-state index in [1.807, 2.05) is 6.07 Å². The van der Waals surface area contributed by atoms with Crippen molar-refractivity contribution in [2.24, 2.45) is 0 Å². The van der Waals surface area contributed by atoms with Crippen LogP contribution in [0.5, 0.6) is 11.5 Å². The molecule has 0 atom stereocenters. The standard InChI is InChI=1S/C21H23BrN2O2/c1-13-4-6-17-16(10-13)15-8-9-23-11-18(15)24(17)12-14-5-7-19(25-2)21(26-3)20(14)22/h4-7,10,23H,8-9,11-12H2,1-3H3. The molecule has 0 amide bonds. The number of aromatic nitrogens is 1. The molecule has 0 aliphatic carbocycles. The zero-order valence-corrected chi connectivity index (χ0v) is 16.9. The lowest BCUT2D eigenvalue weighted by atomic mass is 10.0. The third-order valence-corrected chi connectivity index (χ3v) is 6.05. The van der Waals surface area contributed by atoms with E-state index in [0.29, 0.717) is 0 Å². The number of ether oxygens (including phenoxy) is 2. The van der Waals surface area contributed by atoms with Gasteiger partial charge in [-0.05, 0) is 65.1 Å². The van der Waals surface area contributed by atoms with Crippen molar-refractivity contribution in [1.82, 2.24) is 9.88 Å². The van der Waals surface area contributed by atoms with Crippen molar-refractivity contribution in [2.75, 3.05) is 20.8 Å². The second-order valence-electron chi connectivity index (χ2n) is 6.73. The van der Waals surface area contributed by atoms with E-state index < -0.39 is 0 Å². The van der Waals surface area contributed by atoms with Gasteiger partial charge in [-0.15, -0.1) is 0 Å². The number of halogens is 1. The van der Waals surface area contributed by atoms with Crippen LogP contribution in [-0.2, 0) is 19.5 Å². The number of nitrogens with one attached hydrogen (secondary N) is 1. The molecule has 5 heteroatoms.